The van der Waals surface area contributed by atoms with Crippen LogP contribution >= 0.6 is 0 Å². The maximum Gasteiger partial charge on any atom is 0.416 e. The van der Waals surface area contributed by atoms with E-state index >= 15 is 0 Å². The van der Waals surface area contributed by atoms with E-state index in [-0.39, 0.29) is 11.1 Å². The fourth-order valence-electron chi connectivity index (χ4n) is 4.54. The lowest BCUT2D eigenvalue weighted by Gasteiger charge is -2.39. The molecule has 10 heteroatoms. The number of carbonyl (C=O) groups is 2. The van der Waals surface area contributed by atoms with Crippen molar-refractivity contribution in [3.05, 3.63) is 65.2 Å². The molecule has 0 saturated carbocycles. The molecule has 4 rings (SSSR count). The van der Waals surface area contributed by atoms with E-state index in [0.29, 0.717) is 45.4 Å². The van der Waals surface area contributed by atoms with Gasteiger partial charge in [0.15, 0.2) is 0 Å². The average Bonchev–Trinajstić information content (AvgIpc) is 3.17. The van der Waals surface area contributed by atoms with Crippen LogP contribution in [0, 0.1) is 17.0 Å². The van der Waals surface area contributed by atoms with Crippen LogP contribution in [0.5, 0.6) is 0 Å². The van der Waals surface area contributed by atoms with Crippen molar-refractivity contribution >= 4 is 17.6 Å². The van der Waals surface area contributed by atoms with Gasteiger partial charge in [-0.15, -0.1) is 0 Å². The van der Waals surface area contributed by atoms with Crippen molar-refractivity contribution in [2.75, 3.05) is 31.5 Å². The molecule has 176 valence electrons. The number of nitrogens with one attached hydrogen (secondary N) is 1. The number of hydrogen-bond acceptors (Lipinski definition) is 2. The molecule has 1 spiro atoms. The van der Waals surface area contributed by atoms with Crippen LogP contribution in [0.15, 0.2) is 42.5 Å². The Morgan fingerprint density at radius 1 is 0.879 bits per heavy atom. The first kappa shape index (κ1) is 23.0. The summed E-state index contributed by atoms with van der Waals surface area (Å²) in [7, 11) is 0. The molecule has 2 aliphatic rings. The van der Waals surface area contributed by atoms with Gasteiger partial charge in [-0.2, -0.15) is 13.2 Å². The number of rotatable bonds is 2. The molecule has 0 unspecified atom stereocenters. The standard InChI is InChI=1S/C23H22F5N3O2/c24-17-5-2-6-18(25)19(17)20(32)30-10-7-22(8-11-30)9-12-31(14-22)21(33)29-16-4-1-3-15(13-16)23(26,27)28/h1-6,13H,7-12,14H2,(H,29,33). The van der Waals surface area contributed by atoms with Gasteiger partial charge < -0.3 is 15.1 Å². The van der Waals surface area contributed by atoms with E-state index in [4.69, 9.17) is 0 Å². The SMILES string of the molecule is O=C(Nc1cccc(C(F)(F)F)c1)N1CCC2(CCN(C(=O)c3c(F)cccc3F)CC2)C1. The average molecular weight is 467 g/mol. The van der Waals surface area contributed by atoms with Crippen LogP contribution < -0.4 is 5.32 Å². The summed E-state index contributed by atoms with van der Waals surface area (Å²) in [5.41, 5.74) is -1.60. The maximum absolute atomic E-state index is 14.0. The fraction of sp³-hybridized carbons (Fsp3) is 0.391. The quantitative estimate of drug-likeness (QED) is 0.622. The molecular weight excluding hydrogens is 445 g/mol. The van der Waals surface area contributed by atoms with Crippen molar-refractivity contribution in [2.45, 2.75) is 25.4 Å². The Hall–Kier alpha value is -3.17. The second-order valence-electron chi connectivity index (χ2n) is 8.57. The summed E-state index contributed by atoms with van der Waals surface area (Å²) in [5, 5.41) is 2.52. The predicted molar refractivity (Wildman–Crippen MR) is 111 cm³/mol. The van der Waals surface area contributed by atoms with Crippen LogP contribution in [0.3, 0.4) is 0 Å². The normalized spacial score (nSPS) is 18.0. The van der Waals surface area contributed by atoms with Crippen LogP contribution in [0.25, 0.3) is 0 Å². The van der Waals surface area contributed by atoms with Gasteiger partial charge in [-0.1, -0.05) is 12.1 Å². The molecule has 2 aromatic carbocycles. The molecule has 2 aromatic rings. The van der Waals surface area contributed by atoms with Gasteiger partial charge in [0, 0.05) is 31.9 Å². The number of likely N-dealkylation sites (tertiary alicyclic amines) is 2. The number of piperidine rings is 1. The Bertz CT molecular complexity index is 1040. The number of carbonyl (C=O) groups excluding carboxylic acids is 2. The zero-order valence-corrected chi connectivity index (χ0v) is 17.6. The molecule has 1 N–H and O–H groups in total. The Morgan fingerprint density at radius 2 is 1.45 bits per heavy atom. The highest BCUT2D eigenvalue weighted by Crippen LogP contribution is 2.41. The molecular formula is C23H22F5N3O2. The third-order valence-corrected chi connectivity index (χ3v) is 6.45. The van der Waals surface area contributed by atoms with Crippen molar-refractivity contribution in [3.8, 4) is 0 Å². The first-order chi connectivity index (χ1) is 15.6. The number of urea groups is 1. The molecule has 3 amide bonds. The molecule has 33 heavy (non-hydrogen) atoms. The minimum Gasteiger partial charge on any atom is -0.338 e. The van der Waals surface area contributed by atoms with Gasteiger partial charge in [-0.05, 0) is 55.0 Å². The van der Waals surface area contributed by atoms with Gasteiger partial charge in [0.05, 0.1) is 5.56 Å². The Kier molecular flexibility index (Phi) is 6.02. The van der Waals surface area contributed by atoms with Gasteiger partial charge >= 0.3 is 12.2 Å². The Labute approximate surface area is 187 Å². The minimum absolute atomic E-state index is 0.0584. The van der Waals surface area contributed by atoms with Crippen molar-refractivity contribution in [1.29, 1.82) is 0 Å². The number of benzene rings is 2. The van der Waals surface area contributed by atoms with E-state index in [1.807, 2.05) is 0 Å². The van der Waals surface area contributed by atoms with E-state index in [1.54, 1.807) is 4.90 Å². The first-order valence-corrected chi connectivity index (χ1v) is 10.5. The number of hydrogen-bond donors (Lipinski definition) is 1. The van der Waals surface area contributed by atoms with E-state index in [0.717, 1.165) is 24.3 Å². The van der Waals surface area contributed by atoms with Crippen molar-refractivity contribution in [3.63, 3.8) is 0 Å². The van der Waals surface area contributed by atoms with Crippen LogP contribution in [-0.4, -0.2) is 47.9 Å². The smallest absolute Gasteiger partial charge is 0.338 e. The van der Waals surface area contributed by atoms with E-state index in [2.05, 4.69) is 5.32 Å². The summed E-state index contributed by atoms with van der Waals surface area (Å²) in [6.45, 7) is 1.43. The molecule has 2 heterocycles. The molecule has 0 atom stereocenters. The van der Waals surface area contributed by atoms with Gasteiger partial charge in [0.1, 0.15) is 17.2 Å². The van der Waals surface area contributed by atoms with E-state index in [1.165, 1.54) is 23.1 Å². The number of amides is 3. The number of alkyl halides is 3. The Balaban J connectivity index is 1.36. The van der Waals surface area contributed by atoms with Crippen molar-refractivity contribution < 1.29 is 31.5 Å². The van der Waals surface area contributed by atoms with Gasteiger partial charge in [0.25, 0.3) is 5.91 Å². The van der Waals surface area contributed by atoms with Crippen LogP contribution in [-0.2, 0) is 6.18 Å². The predicted octanol–water partition coefficient (Wildman–Crippen LogP) is 5.14. The Morgan fingerprint density at radius 3 is 2.06 bits per heavy atom. The topological polar surface area (TPSA) is 52.7 Å². The largest absolute Gasteiger partial charge is 0.416 e. The maximum atomic E-state index is 14.0. The molecule has 2 aliphatic heterocycles. The summed E-state index contributed by atoms with van der Waals surface area (Å²) >= 11 is 0. The first-order valence-electron chi connectivity index (χ1n) is 10.5. The summed E-state index contributed by atoms with van der Waals surface area (Å²) < 4.78 is 66.6. The molecule has 2 saturated heterocycles. The minimum atomic E-state index is -4.50. The molecule has 0 aromatic heterocycles. The van der Waals surface area contributed by atoms with E-state index in [9.17, 15) is 31.5 Å². The monoisotopic (exact) mass is 467 g/mol. The highest BCUT2D eigenvalue weighted by molar-refractivity contribution is 5.95. The van der Waals surface area contributed by atoms with Crippen LogP contribution in [0.4, 0.5) is 32.4 Å². The second kappa shape index (κ2) is 8.64. The summed E-state index contributed by atoms with van der Waals surface area (Å²) in [6, 6.07) is 7.24. The lowest BCUT2D eigenvalue weighted by atomic mass is 9.77. The van der Waals surface area contributed by atoms with Gasteiger partial charge in [-0.25, -0.2) is 13.6 Å². The zero-order chi connectivity index (χ0) is 23.8. The highest BCUT2D eigenvalue weighted by Gasteiger charge is 2.43. The highest BCUT2D eigenvalue weighted by atomic mass is 19.4. The lowest BCUT2D eigenvalue weighted by molar-refractivity contribution is -0.137. The molecule has 0 radical (unpaired) electrons. The third-order valence-electron chi connectivity index (χ3n) is 6.45. The van der Waals surface area contributed by atoms with E-state index < -0.39 is 40.9 Å². The lowest BCUT2D eigenvalue weighted by Crippen LogP contribution is -2.45. The zero-order valence-electron chi connectivity index (χ0n) is 17.6. The number of halogens is 5. The molecule has 0 bridgehead atoms. The fourth-order valence-corrected chi connectivity index (χ4v) is 4.54. The number of nitrogens with zero attached hydrogens (tertiary/aromatic N) is 2. The van der Waals surface area contributed by atoms with Crippen LogP contribution in [0.2, 0.25) is 0 Å². The molecule has 0 aliphatic carbocycles. The summed E-state index contributed by atoms with van der Waals surface area (Å²) in [4.78, 5) is 28.2. The summed E-state index contributed by atoms with van der Waals surface area (Å²) in [5.74, 6) is -2.50. The van der Waals surface area contributed by atoms with Gasteiger partial charge in [-0.3, -0.25) is 4.79 Å². The summed E-state index contributed by atoms with van der Waals surface area (Å²) in [6.07, 6.45) is -2.71. The number of anilines is 1. The van der Waals surface area contributed by atoms with Crippen molar-refractivity contribution in [2.24, 2.45) is 5.41 Å². The third kappa shape index (κ3) is 4.79. The second-order valence-corrected chi connectivity index (χ2v) is 8.57. The van der Waals surface area contributed by atoms with Crippen LogP contribution in [0.1, 0.15) is 35.2 Å². The van der Waals surface area contributed by atoms with Crippen molar-refractivity contribution in [1.82, 2.24) is 9.80 Å². The molecule has 5 nitrogen and oxygen atoms in total. The van der Waals surface area contributed by atoms with Gasteiger partial charge in [0.2, 0.25) is 0 Å². The molecule has 2 fully saturated rings.